The monoisotopic (exact) mass is 362 g/mol. The van der Waals surface area contributed by atoms with Crippen LogP contribution in [0.15, 0.2) is 30.3 Å². The molecule has 1 saturated heterocycles. The molecule has 24 heavy (non-hydrogen) atoms. The Balaban J connectivity index is 1.56. The Morgan fingerprint density at radius 3 is 2.83 bits per heavy atom. The van der Waals surface area contributed by atoms with Crippen LogP contribution in [0, 0.1) is 0 Å². The molecule has 5 heteroatoms. The molecule has 0 atom stereocenters. The number of piperidine rings is 1. The van der Waals surface area contributed by atoms with Crippen LogP contribution in [0.5, 0.6) is 0 Å². The van der Waals surface area contributed by atoms with Gasteiger partial charge in [0, 0.05) is 40.2 Å². The van der Waals surface area contributed by atoms with Crippen LogP contribution in [0.25, 0.3) is 16.2 Å². The molecule has 1 N–H and O–H groups in total. The summed E-state index contributed by atoms with van der Waals surface area (Å²) in [5, 5.41) is 4.89. The van der Waals surface area contributed by atoms with Gasteiger partial charge < -0.3 is 10.2 Å². The number of nitrogens with zero attached hydrogens (tertiary/aromatic N) is 1. The Labute approximate surface area is 152 Å². The normalized spacial score (nSPS) is 16.9. The molecule has 1 amide bonds. The van der Waals surface area contributed by atoms with Gasteiger partial charge in [-0.1, -0.05) is 36.7 Å². The molecule has 1 aromatic heterocycles. The summed E-state index contributed by atoms with van der Waals surface area (Å²) < 4.78 is 1.14. The fourth-order valence-corrected chi connectivity index (χ4v) is 4.56. The zero-order chi connectivity index (χ0) is 16.9. The topological polar surface area (TPSA) is 32.3 Å². The van der Waals surface area contributed by atoms with Crippen LogP contribution in [0.4, 0.5) is 0 Å². The number of hydrogen-bond donors (Lipinski definition) is 1. The quantitative estimate of drug-likeness (QED) is 0.791. The van der Waals surface area contributed by atoms with Crippen LogP contribution in [0.2, 0.25) is 5.02 Å². The number of halogens is 1. The van der Waals surface area contributed by atoms with E-state index in [0.717, 1.165) is 52.5 Å². The van der Waals surface area contributed by atoms with E-state index in [1.165, 1.54) is 6.42 Å². The van der Waals surface area contributed by atoms with Crippen LogP contribution >= 0.6 is 22.9 Å². The number of benzene rings is 1. The first kappa shape index (κ1) is 17.5. The molecule has 0 saturated carbocycles. The molecule has 1 aliphatic rings. The molecular formula is C19H23ClN2OS. The molecule has 1 aliphatic heterocycles. The van der Waals surface area contributed by atoms with E-state index in [1.807, 2.05) is 30.3 Å². The minimum atomic E-state index is -0.0301. The number of likely N-dealkylation sites (tertiary alicyclic amines) is 1. The highest BCUT2D eigenvalue weighted by Gasteiger charge is 2.19. The maximum absolute atomic E-state index is 12.2. The van der Waals surface area contributed by atoms with Crippen LogP contribution in [-0.4, -0.2) is 36.5 Å². The highest BCUT2D eigenvalue weighted by molar-refractivity contribution is 7.20. The van der Waals surface area contributed by atoms with Crippen molar-refractivity contribution in [2.45, 2.75) is 32.2 Å². The summed E-state index contributed by atoms with van der Waals surface area (Å²) >= 11 is 8.01. The lowest BCUT2D eigenvalue weighted by molar-refractivity contribution is -0.117. The van der Waals surface area contributed by atoms with Crippen molar-refractivity contribution < 1.29 is 4.79 Å². The van der Waals surface area contributed by atoms with Crippen molar-refractivity contribution in [1.82, 2.24) is 10.2 Å². The summed E-state index contributed by atoms with van der Waals surface area (Å²) in [6.45, 7) is 5.51. The zero-order valence-corrected chi connectivity index (χ0v) is 15.5. The lowest BCUT2D eigenvalue weighted by Crippen LogP contribution is -2.44. The number of nitrogens with one attached hydrogen (secondary N) is 1. The van der Waals surface area contributed by atoms with Crippen LogP contribution in [0.1, 0.15) is 31.1 Å². The number of thiophene rings is 1. The van der Waals surface area contributed by atoms with Crippen molar-refractivity contribution in [3.05, 3.63) is 40.2 Å². The van der Waals surface area contributed by atoms with Crippen molar-refractivity contribution in [2.75, 3.05) is 19.6 Å². The summed E-state index contributed by atoms with van der Waals surface area (Å²) in [6, 6.07) is 8.32. The molecule has 0 aliphatic carbocycles. The largest absolute Gasteiger partial charge is 0.350 e. The van der Waals surface area contributed by atoms with Gasteiger partial charge in [0.15, 0.2) is 0 Å². The number of carbonyl (C=O) groups excluding carboxylic acids is 1. The van der Waals surface area contributed by atoms with Gasteiger partial charge in [-0.3, -0.25) is 4.79 Å². The van der Waals surface area contributed by atoms with Crippen LogP contribution in [-0.2, 0) is 4.79 Å². The first-order valence-electron chi connectivity index (χ1n) is 8.55. The molecule has 128 valence electrons. The second-order valence-corrected chi connectivity index (χ2v) is 7.70. The third kappa shape index (κ3) is 4.18. The predicted octanol–water partition coefficient (Wildman–Crippen LogP) is 4.56. The zero-order valence-electron chi connectivity index (χ0n) is 13.9. The van der Waals surface area contributed by atoms with Gasteiger partial charge in [0.2, 0.25) is 5.91 Å². The fraction of sp³-hybridized carbons (Fsp3) is 0.421. The van der Waals surface area contributed by atoms with Gasteiger partial charge in [-0.15, -0.1) is 11.3 Å². The third-order valence-corrected chi connectivity index (χ3v) is 6.07. The molecule has 3 rings (SSSR count). The van der Waals surface area contributed by atoms with Crippen molar-refractivity contribution in [3.8, 4) is 0 Å². The minimum absolute atomic E-state index is 0.0301. The van der Waals surface area contributed by atoms with Gasteiger partial charge in [-0.05, 0) is 37.9 Å². The van der Waals surface area contributed by atoms with Gasteiger partial charge in [-0.2, -0.15) is 0 Å². The molecule has 0 radical (unpaired) electrons. The highest BCUT2D eigenvalue weighted by Crippen LogP contribution is 2.35. The van der Waals surface area contributed by atoms with E-state index in [4.69, 9.17) is 11.6 Å². The summed E-state index contributed by atoms with van der Waals surface area (Å²) in [5.41, 5.74) is 0. The SMILES string of the molecule is CCCN1CCC(NC(=O)/C=C/c2sc3ccccc3c2Cl)CC1. The molecule has 1 aromatic carbocycles. The van der Waals surface area contributed by atoms with Gasteiger partial charge in [0.1, 0.15) is 0 Å². The van der Waals surface area contributed by atoms with Crippen molar-refractivity contribution in [2.24, 2.45) is 0 Å². The number of fused-ring (bicyclic) bond motifs is 1. The van der Waals surface area contributed by atoms with Crippen LogP contribution in [0.3, 0.4) is 0 Å². The average molecular weight is 363 g/mol. The van der Waals surface area contributed by atoms with Gasteiger partial charge in [0.25, 0.3) is 0 Å². The van der Waals surface area contributed by atoms with E-state index in [1.54, 1.807) is 17.4 Å². The van der Waals surface area contributed by atoms with Crippen LogP contribution < -0.4 is 5.32 Å². The first-order chi connectivity index (χ1) is 11.7. The first-order valence-corrected chi connectivity index (χ1v) is 9.74. The van der Waals surface area contributed by atoms with E-state index in [9.17, 15) is 4.79 Å². The lowest BCUT2D eigenvalue weighted by atomic mass is 10.0. The Bertz CT molecular complexity index is 732. The van der Waals surface area contributed by atoms with E-state index in [2.05, 4.69) is 17.1 Å². The summed E-state index contributed by atoms with van der Waals surface area (Å²) in [7, 11) is 0. The number of carbonyl (C=O) groups is 1. The molecule has 0 unspecified atom stereocenters. The Morgan fingerprint density at radius 2 is 2.12 bits per heavy atom. The molecule has 2 aromatic rings. The van der Waals surface area contributed by atoms with Crippen molar-refractivity contribution in [3.63, 3.8) is 0 Å². The Kier molecular flexibility index (Phi) is 5.93. The smallest absolute Gasteiger partial charge is 0.244 e. The molecule has 2 heterocycles. The Morgan fingerprint density at radius 1 is 1.38 bits per heavy atom. The lowest BCUT2D eigenvalue weighted by Gasteiger charge is -2.31. The number of hydrogen-bond acceptors (Lipinski definition) is 3. The van der Waals surface area contributed by atoms with Crippen molar-refractivity contribution >= 4 is 45.0 Å². The van der Waals surface area contributed by atoms with Gasteiger partial charge in [0.05, 0.1) is 5.02 Å². The van der Waals surface area contributed by atoms with Gasteiger partial charge in [-0.25, -0.2) is 0 Å². The summed E-state index contributed by atoms with van der Waals surface area (Å²) in [5.74, 6) is -0.0301. The molecule has 3 nitrogen and oxygen atoms in total. The maximum atomic E-state index is 12.2. The predicted molar refractivity (Wildman–Crippen MR) is 104 cm³/mol. The van der Waals surface area contributed by atoms with Crippen molar-refractivity contribution in [1.29, 1.82) is 0 Å². The molecular weight excluding hydrogens is 340 g/mol. The molecule has 0 spiro atoms. The standard InChI is InChI=1S/C19H23ClN2OS/c1-2-11-22-12-9-14(10-13-22)21-18(23)8-7-17-19(20)15-5-3-4-6-16(15)24-17/h3-8,14H,2,9-13H2,1H3,(H,21,23)/b8-7+. The molecule has 1 fully saturated rings. The Hall–Kier alpha value is -1.36. The van der Waals surface area contributed by atoms with E-state index in [0.29, 0.717) is 0 Å². The van der Waals surface area contributed by atoms with E-state index < -0.39 is 0 Å². The average Bonchev–Trinajstić information content (AvgIpc) is 2.92. The highest BCUT2D eigenvalue weighted by atomic mass is 35.5. The third-order valence-electron chi connectivity index (χ3n) is 4.42. The number of amides is 1. The molecule has 0 bridgehead atoms. The fourth-order valence-electron chi connectivity index (χ4n) is 3.16. The second-order valence-electron chi connectivity index (χ2n) is 6.23. The minimum Gasteiger partial charge on any atom is -0.350 e. The van der Waals surface area contributed by atoms with E-state index in [-0.39, 0.29) is 11.9 Å². The van der Waals surface area contributed by atoms with E-state index >= 15 is 0 Å². The van der Waals surface area contributed by atoms with Gasteiger partial charge >= 0.3 is 0 Å². The number of rotatable bonds is 5. The maximum Gasteiger partial charge on any atom is 0.244 e. The second kappa shape index (κ2) is 8.15. The summed E-state index contributed by atoms with van der Waals surface area (Å²) in [4.78, 5) is 15.6. The summed E-state index contributed by atoms with van der Waals surface area (Å²) in [6.07, 6.45) is 6.69.